The molecule has 17 heavy (non-hydrogen) atoms. The molecule has 0 radical (unpaired) electrons. The second kappa shape index (κ2) is 5.13. The van der Waals surface area contributed by atoms with Crippen molar-refractivity contribution in [2.75, 3.05) is 6.54 Å². The molecule has 0 saturated carbocycles. The Morgan fingerprint density at radius 3 is 2.41 bits per heavy atom. The fourth-order valence-electron chi connectivity index (χ4n) is 2.17. The molecule has 3 nitrogen and oxygen atoms in total. The first kappa shape index (κ1) is 11.8. The number of carbonyl (C=O) groups excluding carboxylic acids is 2. The number of imide groups is 1. The molecule has 1 aromatic rings. The molecular formula is C14H17NO2. The SMILES string of the molecule is Cc1ccccc1CCN1C(=O)CCCC1=O. The molecule has 1 aromatic carbocycles. The standard InChI is InChI=1S/C14H17NO2/c1-11-5-2-3-6-12(11)9-10-15-13(16)7-4-8-14(15)17/h2-3,5-6H,4,7-10H2,1H3. The summed E-state index contributed by atoms with van der Waals surface area (Å²) in [7, 11) is 0. The Hall–Kier alpha value is -1.64. The van der Waals surface area contributed by atoms with Crippen molar-refractivity contribution in [1.82, 2.24) is 4.90 Å². The second-order valence-corrected chi connectivity index (χ2v) is 4.47. The molecular weight excluding hydrogens is 214 g/mol. The third-order valence-electron chi connectivity index (χ3n) is 3.25. The van der Waals surface area contributed by atoms with Gasteiger partial charge < -0.3 is 0 Å². The monoisotopic (exact) mass is 231 g/mol. The van der Waals surface area contributed by atoms with Crippen LogP contribution in [0.3, 0.4) is 0 Å². The summed E-state index contributed by atoms with van der Waals surface area (Å²) < 4.78 is 0. The van der Waals surface area contributed by atoms with Crippen LogP contribution in [0.5, 0.6) is 0 Å². The summed E-state index contributed by atoms with van der Waals surface area (Å²) >= 11 is 0. The number of aryl methyl sites for hydroxylation is 1. The highest BCUT2D eigenvalue weighted by molar-refractivity contribution is 5.97. The van der Waals surface area contributed by atoms with Crippen LogP contribution in [-0.4, -0.2) is 23.3 Å². The average Bonchev–Trinajstić information content (AvgIpc) is 2.30. The average molecular weight is 231 g/mol. The van der Waals surface area contributed by atoms with Crippen molar-refractivity contribution in [2.24, 2.45) is 0 Å². The third kappa shape index (κ3) is 2.73. The highest BCUT2D eigenvalue weighted by Gasteiger charge is 2.25. The lowest BCUT2D eigenvalue weighted by Gasteiger charge is -2.25. The van der Waals surface area contributed by atoms with Crippen LogP contribution in [0.25, 0.3) is 0 Å². The van der Waals surface area contributed by atoms with E-state index >= 15 is 0 Å². The minimum atomic E-state index is -0.0187. The predicted molar refractivity (Wildman–Crippen MR) is 65.5 cm³/mol. The molecule has 0 bridgehead atoms. The van der Waals surface area contributed by atoms with E-state index in [9.17, 15) is 9.59 Å². The topological polar surface area (TPSA) is 37.4 Å². The van der Waals surface area contributed by atoms with E-state index in [0.29, 0.717) is 25.8 Å². The summed E-state index contributed by atoms with van der Waals surface area (Å²) in [5.74, 6) is -0.0373. The Morgan fingerprint density at radius 1 is 1.12 bits per heavy atom. The fourth-order valence-corrected chi connectivity index (χ4v) is 2.17. The molecule has 90 valence electrons. The number of likely N-dealkylation sites (tertiary alicyclic amines) is 1. The van der Waals surface area contributed by atoms with Crippen molar-refractivity contribution in [2.45, 2.75) is 32.6 Å². The Balaban J connectivity index is 2.00. The summed E-state index contributed by atoms with van der Waals surface area (Å²) in [5.41, 5.74) is 2.42. The van der Waals surface area contributed by atoms with Crippen LogP contribution < -0.4 is 0 Å². The quantitative estimate of drug-likeness (QED) is 0.747. The zero-order valence-corrected chi connectivity index (χ0v) is 10.1. The molecule has 3 heteroatoms. The van der Waals surface area contributed by atoms with Crippen LogP contribution in [-0.2, 0) is 16.0 Å². The van der Waals surface area contributed by atoms with Crippen molar-refractivity contribution in [1.29, 1.82) is 0 Å². The van der Waals surface area contributed by atoms with Crippen molar-refractivity contribution < 1.29 is 9.59 Å². The van der Waals surface area contributed by atoms with E-state index in [1.54, 1.807) is 0 Å². The molecule has 1 fully saturated rings. The number of benzene rings is 1. The van der Waals surface area contributed by atoms with Crippen LogP contribution in [0.1, 0.15) is 30.4 Å². The van der Waals surface area contributed by atoms with Crippen molar-refractivity contribution in [3.63, 3.8) is 0 Å². The third-order valence-corrected chi connectivity index (χ3v) is 3.25. The zero-order valence-electron chi connectivity index (χ0n) is 10.1. The van der Waals surface area contributed by atoms with Gasteiger partial charge in [0.1, 0.15) is 0 Å². The molecule has 1 heterocycles. The maximum absolute atomic E-state index is 11.6. The fraction of sp³-hybridized carbons (Fsp3) is 0.429. The maximum atomic E-state index is 11.6. The molecule has 0 spiro atoms. The summed E-state index contributed by atoms with van der Waals surface area (Å²) in [6.07, 6.45) is 2.49. The lowest BCUT2D eigenvalue weighted by Crippen LogP contribution is -2.41. The molecule has 1 aliphatic heterocycles. The van der Waals surface area contributed by atoms with Gasteiger partial charge in [0.15, 0.2) is 0 Å². The van der Waals surface area contributed by atoms with E-state index in [1.807, 2.05) is 18.2 Å². The predicted octanol–water partition coefficient (Wildman–Crippen LogP) is 2.08. The number of rotatable bonds is 3. The van der Waals surface area contributed by atoms with Crippen molar-refractivity contribution in [3.8, 4) is 0 Å². The first-order valence-corrected chi connectivity index (χ1v) is 6.06. The minimum absolute atomic E-state index is 0.0187. The Labute approximate surface area is 101 Å². The second-order valence-electron chi connectivity index (χ2n) is 4.47. The Kier molecular flexibility index (Phi) is 3.57. The van der Waals surface area contributed by atoms with Crippen LogP contribution in [0, 0.1) is 6.92 Å². The van der Waals surface area contributed by atoms with Crippen LogP contribution >= 0.6 is 0 Å². The number of piperidine rings is 1. The number of nitrogens with zero attached hydrogens (tertiary/aromatic N) is 1. The van der Waals surface area contributed by atoms with Gasteiger partial charge in [-0.3, -0.25) is 14.5 Å². The molecule has 0 aromatic heterocycles. The van der Waals surface area contributed by atoms with Gasteiger partial charge >= 0.3 is 0 Å². The number of amides is 2. The Morgan fingerprint density at radius 2 is 1.76 bits per heavy atom. The van der Waals surface area contributed by atoms with Gasteiger partial charge in [-0.2, -0.15) is 0 Å². The highest BCUT2D eigenvalue weighted by Crippen LogP contribution is 2.14. The number of hydrogen-bond acceptors (Lipinski definition) is 2. The summed E-state index contributed by atoms with van der Waals surface area (Å²) in [4.78, 5) is 24.6. The summed E-state index contributed by atoms with van der Waals surface area (Å²) in [6, 6.07) is 8.08. The van der Waals surface area contributed by atoms with E-state index in [-0.39, 0.29) is 11.8 Å². The van der Waals surface area contributed by atoms with Crippen LogP contribution in [0.15, 0.2) is 24.3 Å². The highest BCUT2D eigenvalue weighted by atomic mass is 16.2. The smallest absolute Gasteiger partial charge is 0.229 e. The molecule has 1 saturated heterocycles. The first-order valence-electron chi connectivity index (χ1n) is 6.06. The van der Waals surface area contributed by atoms with Crippen LogP contribution in [0.4, 0.5) is 0 Å². The lowest BCUT2D eigenvalue weighted by molar-refractivity contribution is -0.147. The van der Waals surface area contributed by atoms with Crippen LogP contribution in [0.2, 0.25) is 0 Å². The molecule has 2 amide bonds. The normalized spacial score (nSPS) is 16.4. The maximum Gasteiger partial charge on any atom is 0.229 e. The van der Waals surface area contributed by atoms with Gasteiger partial charge in [0.25, 0.3) is 0 Å². The molecule has 1 aliphatic rings. The van der Waals surface area contributed by atoms with Gasteiger partial charge in [-0.05, 0) is 30.9 Å². The molecule has 0 aliphatic carbocycles. The van der Waals surface area contributed by atoms with Gasteiger partial charge in [-0.15, -0.1) is 0 Å². The van der Waals surface area contributed by atoms with Crippen molar-refractivity contribution >= 4 is 11.8 Å². The zero-order chi connectivity index (χ0) is 12.3. The number of hydrogen-bond donors (Lipinski definition) is 0. The number of carbonyl (C=O) groups is 2. The largest absolute Gasteiger partial charge is 0.282 e. The lowest BCUT2D eigenvalue weighted by atomic mass is 10.0. The van der Waals surface area contributed by atoms with E-state index in [0.717, 1.165) is 6.42 Å². The molecule has 2 rings (SSSR count). The molecule has 0 unspecified atom stereocenters. The Bertz CT molecular complexity index is 424. The summed E-state index contributed by atoms with van der Waals surface area (Å²) in [6.45, 7) is 2.57. The van der Waals surface area contributed by atoms with E-state index in [1.165, 1.54) is 16.0 Å². The minimum Gasteiger partial charge on any atom is -0.282 e. The van der Waals surface area contributed by atoms with Gasteiger partial charge in [0.2, 0.25) is 11.8 Å². The summed E-state index contributed by atoms with van der Waals surface area (Å²) in [5, 5.41) is 0. The van der Waals surface area contributed by atoms with E-state index in [4.69, 9.17) is 0 Å². The molecule has 0 atom stereocenters. The van der Waals surface area contributed by atoms with E-state index in [2.05, 4.69) is 13.0 Å². The van der Waals surface area contributed by atoms with Gasteiger partial charge in [0.05, 0.1) is 0 Å². The van der Waals surface area contributed by atoms with Crippen molar-refractivity contribution in [3.05, 3.63) is 35.4 Å². The molecule has 0 N–H and O–H groups in total. The van der Waals surface area contributed by atoms with E-state index < -0.39 is 0 Å². The first-order chi connectivity index (χ1) is 8.18. The van der Waals surface area contributed by atoms with Gasteiger partial charge in [-0.1, -0.05) is 24.3 Å². The van der Waals surface area contributed by atoms with Gasteiger partial charge in [-0.25, -0.2) is 0 Å². The van der Waals surface area contributed by atoms with Gasteiger partial charge in [0, 0.05) is 19.4 Å².